The lowest BCUT2D eigenvalue weighted by molar-refractivity contribution is -0.126. The van der Waals surface area contributed by atoms with E-state index in [0.29, 0.717) is 12.0 Å². The number of aryl methyl sites for hydroxylation is 1. The second-order valence-electron chi connectivity index (χ2n) is 9.65. The second kappa shape index (κ2) is 13.4. The maximum Gasteiger partial charge on any atom is 0.347 e. The molecule has 0 aliphatic rings. The van der Waals surface area contributed by atoms with Gasteiger partial charge in [-0.1, -0.05) is 24.5 Å². The summed E-state index contributed by atoms with van der Waals surface area (Å²) in [5.41, 5.74) is -0.0907. The zero-order valence-electron chi connectivity index (χ0n) is 22.7. The first-order valence-corrected chi connectivity index (χ1v) is 12.7. The molecule has 0 saturated carbocycles. The maximum atomic E-state index is 14.3. The number of aromatic nitrogens is 3. The molecular weight excluding hydrogens is 509 g/mol. The Balaban J connectivity index is 2.56. The summed E-state index contributed by atoms with van der Waals surface area (Å²) in [5, 5.41) is 21.4. The number of hydrogen-bond donors (Lipinski definition) is 2. The fraction of sp³-hybridized carbons (Fsp3) is 0.500. The average Bonchev–Trinajstić information content (AvgIpc) is 3.37. The molecule has 0 unspecified atom stereocenters. The second-order valence-corrected chi connectivity index (χ2v) is 10.2. The van der Waals surface area contributed by atoms with Crippen LogP contribution in [0.1, 0.15) is 58.8 Å². The molecule has 2 aromatic rings. The van der Waals surface area contributed by atoms with Gasteiger partial charge in [-0.3, -0.25) is 9.69 Å². The van der Waals surface area contributed by atoms with Gasteiger partial charge in [0.15, 0.2) is 0 Å². The zero-order chi connectivity index (χ0) is 28.6. The summed E-state index contributed by atoms with van der Waals surface area (Å²) in [6.45, 7) is 14.1. The smallest absolute Gasteiger partial charge is 0.347 e. The number of thiol groups is 1. The van der Waals surface area contributed by atoms with Gasteiger partial charge in [-0.15, -0.1) is 22.8 Å². The van der Waals surface area contributed by atoms with E-state index in [-0.39, 0.29) is 24.2 Å². The van der Waals surface area contributed by atoms with E-state index in [1.54, 1.807) is 26.8 Å². The van der Waals surface area contributed by atoms with E-state index in [9.17, 15) is 19.2 Å². The van der Waals surface area contributed by atoms with Gasteiger partial charge in [-0.25, -0.2) is 9.18 Å². The first-order valence-electron chi connectivity index (χ1n) is 12.3. The van der Waals surface area contributed by atoms with Gasteiger partial charge in [0.05, 0.1) is 42.6 Å². The van der Waals surface area contributed by atoms with Gasteiger partial charge in [0.1, 0.15) is 17.5 Å². The largest absolute Gasteiger partial charge is 0.370 e. The SMILES string of the molecule is C=C(S)N(C[C@@H](OC[C@@H](C)C#N)c1cc(F)ccc1CC)C(=O)N(n1nccn1)C(C)(C)C(=O)NC(C)C. The molecule has 10 nitrogen and oxygen atoms in total. The van der Waals surface area contributed by atoms with Crippen LogP contribution >= 0.6 is 12.6 Å². The van der Waals surface area contributed by atoms with Gasteiger partial charge in [0, 0.05) is 6.04 Å². The average molecular weight is 546 g/mol. The van der Waals surface area contributed by atoms with Crippen molar-refractivity contribution in [3.05, 3.63) is 59.1 Å². The van der Waals surface area contributed by atoms with Crippen molar-refractivity contribution in [3.8, 4) is 6.07 Å². The van der Waals surface area contributed by atoms with Crippen LogP contribution in [0.25, 0.3) is 0 Å². The van der Waals surface area contributed by atoms with Crippen LogP contribution in [0.5, 0.6) is 0 Å². The quantitative estimate of drug-likeness (QED) is 0.390. The minimum atomic E-state index is -1.44. The van der Waals surface area contributed by atoms with E-state index < -0.39 is 35.3 Å². The number of rotatable bonds is 12. The normalized spacial score (nSPS) is 12.9. The number of nitrogens with zero attached hydrogens (tertiary/aromatic N) is 6. The van der Waals surface area contributed by atoms with Crippen molar-refractivity contribution in [3.63, 3.8) is 0 Å². The molecular formula is C26H36FN7O3S. The summed E-state index contributed by atoms with van der Waals surface area (Å²) >= 11 is 4.36. The maximum absolute atomic E-state index is 14.3. The third kappa shape index (κ3) is 7.55. The van der Waals surface area contributed by atoms with Crippen molar-refractivity contribution in [2.75, 3.05) is 18.2 Å². The van der Waals surface area contributed by atoms with Crippen molar-refractivity contribution in [2.24, 2.45) is 5.92 Å². The molecule has 38 heavy (non-hydrogen) atoms. The van der Waals surface area contributed by atoms with E-state index in [0.717, 1.165) is 15.5 Å². The number of nitrogens with one attached hydrogen (secondary N) is 1. The van der Waals surface area contributed by atoms with Crippen LogP contribution in [-0.4, -0.2) is 56.7 Å². The number of carbonyl (C=O) groups excluding carboxylic acids is 2. The highest BCUT2D eigenvalue weighted by atomic mass is 32.1. The molecule has 1 aromatic carbocycles. The number of ether oxygens (including phenoxy) is 1. The Morgan fingerprint density at radius 3 is 2.45 bits per heavy atom. The Bertz CT molecular complexity index is 1160. The molecule has 206 valence electrons. The molecule has 12 heteroatoms. The van der Waals surface area contributed by atoms with Gasteiger partial charge in [-0.2, -0.15) is 10.3 Å². The number of nitriles is 1. The van der Waals surface area contributed by atoms with Crippen molar-refractivity contribution in [2.45, 2.75) is 65.6 Å². The summed E-state index contributed by atoms with van der Waals surface area (Å²) in [6.07, 6.45) is 2.52. The van der Waals surface area contributed by atoms with Gasteiger partial charge in [-0.05, 0) is 64.3 Å². The van der Waals surface area contributed by atoms with E-state index >= 15 is 0 Å². The Morgan fingerprint density at radius 2 is 1.92 bits per heavy atom. The highest BCUT2D eigenvalue weighted by molar-refractivity contribution is 7.84. The third-order valence-electron chi connectivity index (χ3n) is 5.77. The zero-order valence-corrected chi connectivity index (χ0v) is 23.6. The molecule has 1 heterocycles. The van der Waals surface area contributed by atoms with E-state index in [4.69, 9.17) is 4.74 Å². The van der Waals surface area contributed by atoms with Crippen LogP contribution in [-0.2, 0) is 16.0 Å². The van der Waals surface area contributed by atoms with E-state index in [2.05, 4.69) is 40.8 Å². The Kier molecular flexibility index (Phi) is 10.9. The number of halogens is 1. The highest BCUT2D eigenvalue weighted by Crippen LogP contribution is 2.28. The molecule has 0 aliphatic heterocycles. The fourth-order valence-corrected chi connectivity index (χ4v) is 3.85. The van der Waals surface area contributed by atoms with Gasteiger partial charge in [0.25, 0.3) is 0 Å². The highest BCUT2D eigenvalue weighted by Gasteiger charge is 2.43. The summed E-state index contributed by atoms with van der Waals surface area (Å²) in [7, 11) is 0. The number of benzene rings is 1. The first-order chi connectivity index (χ1) is 17.8. The topological polar surface area (TPSA) is 116 Å². The van der Waals surface area contributed by atoms with Gasteiger partial charge >= 0.3 is 6.03 Å². The van der Waals surface area contributed by atoms with Crippen LogP contribution in [0.2, 0.25) is 0 Å². The summed E-state index contributed by atoms with van der Waals surface area (Å²) < 4.78 is 20.4. The number of amides is 3. The summed E-state index contributed by atoms with van der Waals surface area (Å²) in [4.78, 5) is 29.5. The van der Waals surface area contributed by atoms with Gasteiger partial charge in [0.2, 0.25) is 5.91 Å². The molecule has 0 fully saturated rings. The molecule has 0 radical (unpaired) electrons. The molecule has 2 atom stereocenters. The fourth-order valence-electron chi connectivity index (χ4n) is 3.69. The molecule has 1 aromatic heterocycles. The standard InChI is InChI=1S/C26H36FN7O3S/c1-8-20-9-10-21(27)13-22(20)23(37-16-18(4)14-28)15-32(19(5)38)25(36)33(34-29-11-12-30-34)26(6,7)24(35)31-17(2)3/h9-13,17-18,23,38H,5,8,15-16H2,1-4,6-7H3,(H,31,35)/t18-,23+/m0/s1. The Labute approximate surface area is 228 Å². The summed E-state index contributed by atoms with van der Waals surface area (Å²) in [5.74, 6) is -1.34. The van der Waals surface area contributed by atoms with Crippen molar-refractivity contribution in [1.82, 2.24) is 25.3 Å². The van der Waals surface area contributed by atoms with Gasteiger partial charge < -0.3 is 10.1 Å². The number of urea groups is 1. The molecule has 3 amide bonds. The Hall–Kier alpha value is -3.43. The summed E-state index contributed by atoms with van der Waals surface area (Å²) in [6, 6.07) is 5.60. The first kappa shape index (κ1) is 30.8. The lowest BCUT2D eigenvalue weighted by Crippen LogP contribution is -2.65. The molecule has 0 aliphatic carbocycles. The lowest BCUT2D eigenvalue weighted by atomic mass is 9.99. The number of carbonyl (C=O) groups is 2. The van der Waals surface area contributed by atoms with Crippen LogP contribution in [0.3, 0.4) is 0 Å². The molecule has 2 rings (SSSR count). The van der Waals surface area contributed by atoms with Crippen LogP contribution < -0.4 is 10.3 Å². The van der Waals surface area contributed by atoms with Crippen LogP contribution in [0.4, 0.5) is 9.18 Å². The minimum absolute atomic E-state index is 0.0502. The number of hydrogen-bond acceptors (Lipinski definition) is 7. The third-order valence-corrected chi connectivity index (χ3v) is 6.01. The van der Waals surface area contributed by atoms with Crippen molar-refractivity contribution >= 4 is 24.6 Å². The minimum Gasteiger partial charge on any atom is -0.370 e. The molecule has 0 spiro atoms. The Morgan fingerprint density at radius 1 is 1.29 bits per heavy atom. The molecule has 1 N–H and O–H groups in total. The van der Waals surface area contributed by atoms with Crippen molar-refractivity contribution in [1.29, 1.82) is 5.26 Å². The van der Waals surface area contributed by atoms with Crippen LogP contribution in [0, 0.1) is 23.1 Å². The lowest BCUT2D eigenvalue weighted by Gasteiger charge is -2.39. The van der Waals surface area contributed by atoms with Crippen molar-refractivity contribution < 1.29 is 18.7 Å². The molecule has 0 bridgehead atoms. The predicted octanol–water partition coefficient (Wildman–Crippen LogP) is 3.96. The monoisotopic (exact) mass is 545 g/mol. The van der Waals surface area contributed by atoms with E-state index in [1.165, 1.54) is 29.4 Å². The predicted molar refractivity (Wildman–Crippen MR) is 145 cm³/mol. The molecule has 0 saturated heterocycles. The van der Waals surface area contributed by atoms with E-state index in [1.807, 2.05) is 20.8 Å². The van der Waals surface area contributed by atoms with Crippen LogP contribution in [0.15, 0.2) is 42.2 Å².